The number of benzene rings is 1. The first kappa shape index (κ1) is 35.6. The molecule has 26 heavy (non-hydrogen) atoms. The van der Waals surface area contributed by atoms with Crippen LogP contribution in [0.1, 0.15) is 59.4 Å². The van der Waals surface area contributed by atoms with Gasteiger partial charge >= 0.3 is 0 Å². The molecule has 0 saturated carbocycles. The molecule has 1 aliphatic rings. The molecule has 1 aliphatic heterocycles. The van der Waals surface area contributed by atoms with Crippen molar-refractivity contribution in [3.8, 4) is 0 Å². The Morgan fingerprint density at radius 2 is 1.46 bits per heavy atom. The third kappa shape index (κ3) is 30.4. The van der Waals surface area contributed by atoms with Crippen molar-refractivity contribution < 1.29 is 15.0 Å². The van der Waals surface area contributed by atoms with Crippen LogP contribution in [0.3, 0.4) is 0 Å². The molecule has 4 heteroatoms. The third-order valence-corrected chi connectivity index (χ3v) is 2.79. The lowest BCUT2D eigenvalue weighted by Crippen LogP contribution is -2.21. The van der Waals surface area contributed by atoms with Gasteiger partial charge in [0.25, 0.3) is 0 Å². The van der Waals surface area contributed by atoms with E-state index in [9.17, 15) is 0 Å². The lowest BCUT2D eigenvalue weighted by atomic mass is 10.0. The minimum Gasteiger partial charge on any atom is -0.400 e. The van der Waals surface area contributed by atoms with Gasteiger partial charge in [0.2, 0.25) is 0 Å². The van der Waals surface area contributed by atoms with Gasteiger partial charge in [0.1, 0.15) is 6.79 Å². The first-order chi connectivity index (χ1) is 12.9. The summed E-state index contributed by atoms with van der Waals surface area (Å²) < 4.78 is 0. The molecule has 1 fully saturated rings. The van der Waals surface area contributed by atoms with Gasteiger partial charge in [-0.3, -0.25) is 0 Å². The van der Waals surface area contributed by atoms with E-state index in [1.165, 1.54) is 37.8 Å². The molecular formula is C22H45NO3. The predicted octanol–water partition coefficient (Wildman–Crippen LogP) is 4.65. The Kier molecular flexibility index (Phi) is 59.8. The number of aliphatic hydroxyl groups excluding tert-OH is 2. The van der Waals surface area contributed by atoms with Gasteiger partial charge in [-0.15, -0.1) is 6.58 Å². The monoisotopic (exact) mass is 371 g/mol. The van der Waals surface area contributed by atoms with Gasteiger partial charge in [0.15, 0.2) is 0 Å². The molecule has 1 unspecified atom stereocenters. The molecule has 4 nitrogen and oxygen atoms in total. The van der Waals surface area contributed by atoms with Crippen LogP contribution in [0.2, 0.25) is 0 Å². The van der Waals surface area contributed by atoms with Gasteiger partial charge in [-0.05, 0) is 44.7 Å². The Bertz CT molecular complexity index is 300. The molecule has 1 saturated heterocycles. The summed E-state index contributed by atoms with van der Waals surface area (Å²) in [6, 6.07) is 11.5. The Labute approximate surface area is 163 Å². The van der Waals surface area contributed by atoms with E-state index < -0.39 is 0 Å². The summed E-state index contributed by atoms with van der Waals surface area (Å²) in [6.45, 7) is 16.5. The number of hydrogen-bond acceptors (Lipinski definition) is 4. The third-order valence-electron chi connectivity index (χ3n) is 2.79. The molecule has 3 N–H and O–H groups in total. The molecule has 2 rings (SSSR count). The van der Waals surface area contributed by atoms with Gasteiger partial charge in [0.05, 0.1) is 0 Å². The lowest BCUT2D eigenvalue weighted by molar-refractivity contribution is -0.0979. The molecule has 0 radical (unpaired) electrons. The van der Waals surface area contributed by atoms with Crippen molar-refractivity contribution in [2.24, 2.45) is 0 Å². The first-order valence-corrected chi connectivity index (χ1v) is 9.39. The molecule has 0 aliphatic carbocycles. The summed E-state index contributed by atoms with van der Waals surface area (Å²) in [5.41, 5.74) is 1.47. The van der Waals surface area contributed by atoms with Crippen LogP contribution in [0.5, 0.6) is 0 Å². The van der Waals surface area contributed by atoms with E-state index in [2.05, 4.69) is 42.2 Å². The zero-order valence-corrected chi connectivity index (χ0v) is 18.3. The molecule has 0 aromatic heterocycles. The molecule has 1 aromatic rings. The fourth-order valence-corrected chi connectivity index (χ4v) is 1.99. The molecule has 1 aromatic carbocycles. The SMILES string of the molecule is C=CC.C=O.CC.CC.CO.CO.c1ccc(CCC2CCCN2)cc1. The number of aryl methyl sites for hydroxylation is 1. The van der Waals surface area contributed by atoms with Crippen LogP contribution in [0.25, 0.3) is 0 Å². The number of rotatable bonds is 3. The second kappa shape index (κ2) is 43.7. The Balaban J connectivity index is -0.0000000961. The van der Waals surface area contributed by atoms with Gasteiger partial charge in [0, 0.05) is 20.3 Å². The van der Waals surface area contributed by atoms with Crippen molar-refractivity contribution in [3.63, 3.8) is 0 Å². The first-order valence-electron chi connectivity index (χ1n) is 9.39. The Morgan fingerprint density at radius 1 is 1.04 bits per heavy atom. The van der Waals surface area contributed by atoms with E-state index in [0.717, 1.165) is 20.3 Å². The number of allylic oxidation sites excluding steroid dienone is 1. The number of aliphatic hydroxyl groups is 2. The zero-order chi connectivity index (χ0) is 21.6. The Hall–Kier alpha value is -1.49. The average molecular weight is 372 g/mol. The fraction of sp³-hybridized carbons (Fsp3) is 0.591. The average Bonchev–Trinajstić information content (AvgIpc) is 3.29. The van der Waals surface area contributed by atoms with Crippen LogP contribution in [0, 0.1) is 0 Å². The van der Waals surface area contributed by atoms with E-state index in [1.54, 1.807) is 6.08 Å². The van der Waals surface area contributed by atoms with E-state index in [1.807, 2.05) is 41.4 Å². The van der Waals surface area contributed by atoms with Crippen molar-refractivity contribution in [1.29, 1.82) is 0 Å². The molecule has 0 spiro atoms. The highest BCUT2D eigenvalue weighted by molar-refractivity contribution is 5.14. The predicted molar refractivity (Wildman–Crippen MR) is 118 cm³/mol. The summed E-state index contributed by atoms with van der Waals surface area (Å²) >= 11 is 0. The summed E-state index contributed by atoms with van der Waals surface area (Å²) in [6.07, 6.45) is 6.99. The van der Waals surface area contributed by atoms with Crippen LogP contribution in [0.15, 0.2) is 43.0 Å². The smallest absolute Gasteiger partial charge is 0.106 e. The van der Waals surface area contributed by atoms with E-state index in [0.29, 0.717) is 0 Å². The zero-order valence-electron chi connectivity index (χ0n) is 18.3. The highest BCUT2D eigenvalue weighted by atomic mass is 16.2. The lowest BCUT2D eigenvalue weighted by Gasteiger charge is -2.09. The van der Waals surface area contributed by atoms with Crippen molar-refractivity contribution >= 4 is 6.79 Å². The van der Waals surface area contributed by atoms with Crippen LogP contribution in [0.4, 0.5) is 0 Å². The van der Waals surface area contributed by atoms with Crippen molar-refractivity contribution in [1.82, 2.24) is 5.32 Å². The minimum absolute atomic E-state index is 0.778. The van der Waals surface area contributed by atoms with Gasteiger partial charge in [-0.25, -0.2) is 0 Å². The normalized spacial score (nSPS) is 12.6. The molecule has 1 atom stereocenters. The molecule has 0 amide bonds. The summed E-state index contributed by atoms with van der Waals surface area (Å²) in [5.74, 6) is 0. The molecule has 1 heterocycles. The summed E-state index contributed by atoms with van der Waals surface area (Å²) in [4.78, 5) is 8.00. The molecule has 156 valence electrons. The van der Waals surface area contributed by atoms with Gasteiger partial charge in [-0.1, -0.05) is 64.1 Å². The van der Waals surface area contributed by atoms with E-state index in [4.69, 9.17) is 15.0 Å². The van der Waals surface area contributed by atoms with Crippen molar-refractivity contribution in [3.05, 3.63) is 48.6 Å². The second-order valence-corrected chi connectivity index (χ2v) is 4.23. The second-order valence-electron chi connectivity index (χ2n) is 4.23. The number of nitrogens with one attached hydrogen (secondary N) is 1. The number of carbonyl (C=O) groups is 1. The maximum Gasteiger partial charge on any atom is 0.106 e. The van der Waals surface area contributed by atoms with Crippen LogP contribution >= 0.6 is 0 Å². The highest BCUT2D eigenvalue weighted by Crippen LogP contribution is 2.12. The maximum absolute atomic E-state index is 8.00. The standard InChI is InChI=1S/C12H17N.C3H6.2C2H6.2CH4O.CH2O/c1-2-5-11(6-3-1)8-9-12-7-4-10-13-12;1-3-2;5*1-2/h1-3,5-6,12-13H,4,7-10H2;3H,1H2,2H3;2*1-2H3;2*2H,1H3;1H2. The van der Waals surface area contributed by atoms with Gasteiger partial charge in [-0.2, -0.15) is 0 Å². The van der Waals surface area contributed by atoms with Crippen molar-refractivity contribution in [2.45, 2.75) is 66.3 Å². The topological polar surface area (TPSA) is 69.6 Å². The summed E-state index contributed by atoms with van der Waals surface area (Å²) in [5, 5.41) is 17.5. The van der Waals surface area contributed by atoms with Crippen LogP contribution in [-0.2, 0) is 11.2 Å². The molecule has 0 bridgehead atoms. The van der Waals surface area contributed by atoms with Gasteiger partial charge < -0.3 is 20.3 Å². The fourth-order valence-electron chi connectivity index (χ4n) is 1.99. The minimum atomic E-state index is 0.778. The van der Waals surface area contributed by atoms with E-state index >= 15 is 0 Å². The highest BCUT2D eigenvalue weighted by Gasteiger charge is 2.12. The Morgan fingerprint density at radius 3 is 1.81 bits per heavy atom. The largest absolute Gasteiger partial charge is 0.400 e. The molecular weight excluding hydrogens is 326 g/mol. The number of hydrogen-bond donors (Lipinski definition) is 3. The number of carbonyl (C=O) groups excluding carboxylic acids is 1. The van der Waals surface area contributed by atoms with Crippen LogP contribution in [-0.4, -0.2) is 43.8 Å². The van der Waals surface area contributed by atoms with Crippen LogP contribution < -0.4 is 5.32 Å². The van der Waals surface area contributed by atoms with E-state index in [-0.39, 0.29) is 0 Å². The quantitative estimate of drug-likeness (QED) is 0.677. The summed E-state index contributed by atoms with van der Waals surface area (Å²) in [7, 11) is 2.00. The maximum atomic E-state index is 8.00. The van der Waals surface area contributed by atoms with Crippen molar-refractivity contribution in [2.75, 3.05) is 20.8 Å².